The van der Waals surface area contributed by atoms with E-state index in [1.807, 2.05) is 24.3 Å². The van der Waals surface area contributed by atoms with Crippen molar-refractivity contribution in [1.29, 1.82) is 0 Å². The van der Waals surface area contributed by atoms with E-state index in [0.29, 0.717) is 85.8 Å². The molecule has 0 atom stereocenters. The SMILES string of the molecule is CCCCCCCCCCCCCCCCOCCOCCOCCOCCOCCOCCNC(=O)OCC1c2ccccc2-c2ccccc21. The maximum Gasteiger partial charge on any atom is 0.407 e. The summed E-state index contributed by atoms with van der Waals surface area (Å²) in [7, 11) is 0. The second-order valence-corrected chi connectivity index (χ2v) is 13.5. The van der Waals surface area contributed by atoms with E-state index in [2.05, 4.69) is 36.5 Å². The summed E-state index contributed by atoms with van der Waals surface area (Å²) in [4.78, 5) is 12.2. The van der Waals surface area contributed by atoms with E-state index in [0.717, 1.165) is 13.0 Å². The molecule has 0 bridgehead atoms. The van der Waals surface area contributed by atoms with Crippen LogP contribution >= 0.6 is 0 Å². The highest BCUT2D eigenvalue weighted by Gasteiger charge is 2.28. The van der Waals surface area contributed by atoms with Gasteiger partial charge >= 0.3 is 6.09 Å². The van der Waals surface area contributed by atoms with Gasteiger partial charge < -0.3 is 38.5 Å². The highest BCUT2D eigenvalue weighted by atomic mass is 16.6. The lowest BCUT2D eigenvalue weighted by Crippen LogP contribution is -2.29. The molecule has 0 aliphatic heterocycles. The number of carbonyl (C=O) groups excluding carboxylic acids is 1. The molecule has 0 fully saturated rings. The van der Waals surface area contributed by atoms with Crippen molar-refractivity contribution in [2.75, 3.05) is 92.4 Å². The predicted molar refractivity (Wildman–Crippen MR) is 208 cm³/mol. The third-order valence-electron chi connectivity index (χ3n) is 9.36. The number of hydrogen-bond acceptors (Lipinski definition) is 8. The van der Waals surface area contributed by atoms with Gasteiger partial charge in [0, 0.05) is 19.1 Å². The molecule has 0 heterocycles. The van der Waals surface area contributed by atoms with Crippen molar-refractivity contribution in [3.8, 4) is 11.1 Å². The van der Waals surface area contributed by atoms with Gasteiger partial charge in [0.25, 0.3) is 0 Å². The normalized spacial score (nSPS) is 12.2. The molecule has 9 nitrogen and oxygen atoms in total. The van der Waals surface area contributed by atoms with E-state index in [1.54, 1.807) is 0 Å². The summed E-state index contributed by atoms with van der Waals surface area (Å²) < 4.78 is 39.0. The van der Waals surface area contributed by atoms with E-state index in [1.165, 1.54) is 106 Å². The number of nitrogens with one attached hydrogen (secondary N) is 1. The fourth-order valence-electron chi connectivity index (χ4n) is 6.48. The molecule has 0 unspecified atom stereocenters. The van der Waals surface area contributed by atoms with Crippen LogP contribution in [0.5, 0.6) is 0 Å². The summed E-state index contributed by atoms with van der Waals surface area (Å²) in [5.74, 6) is 0.0479. The number of benzene rings is 2. The first-order valence-corrected chi connectivity index (χ1v) is 20.4. The topological polar surface area (TPSA) is 93.7 Å². The molecule has 0 aromatic heterocycles. The first kappa shape index (κ1) is 43.9. The van der Waals surface area contributed by atoms with Crippen LogP contribution in [0.3, 0.4) is 0 Å². The fourth-order valence-corrected chi connectivity index (χ4v) is 6.48. The van der Waals surface area contributed by atoms with Gasteiger partial charge in [-0.15, -0.1) is 0 Å². The zero-order valence-corrected chi connectivity index (χ0v) is 32.3. The van der Waals surface area contributed by atoms with Gasteiger partial charge in [0.2, 0.25) is 0 Å². The lowest BCUT2D eigenvalue weighted by molar-refractivity contribution is -0.0167. The molecule has 52 heavy (non-hydrogen) atoms. The minimum Gasteiger partial charge on any atom is -0.449 e. The largest absolute Gasteiger partial charge is 0.449 e. The van der Waals surface area contributed by atoms with E-state index < -0.39 is 6.09 Å². The van der Waals surface area contributed by atoms with Crippen LogP contribution in [0.25, 0.3) is 11.1 Å². The highest BCUT2D eigenvalue weighted by Crippen LogP contribution is 2.44. The summed E-state index contributed by atoms with van der Waals surface area (Å²) in [6.07, 6.45) is 18.8. The van der Waals surface area contributed by atoms with Gasteiger partial charge in [0.15, 0.2) is 0 Å². The van der Waals surface area contributed by atoms with Crippen molar-refractivity contribution in [2.45, 2.75) is 103 Å². The van der Waals surface area contributed by atoms with Crippen LogP contribution in [0.2, 0.25) is 0 Å². The van der Waals surface area contributed by atoms with E-state index >= 15 is 0 Å². The van der Waals surface area contributed by atoms with Crippen LogP contribution in [0.4, 0.5) is 4.79 Å². The van der Waals surface area contributed by atoms with E-state index in [9.17, 15) is 4.79 Å². The molecule has 2 aromatic rings. The van der Waals surface area contributed by atoms with Gasteiger partial charge in [-0.25, -0.2) is 4.79 Å². The fraction of sp³-hybridized carbons (Fsp3) is 0.698. The van der Waals surface area contributed by atoms with Crippen LogP contribution in [0.1, 0.15) is 114 Å². The lowest BCUT2D eigenvalue weighted by Gasteiger charge is -2.14. The number of fused-ring (bicyclic) bond motifs is 3. The molecule has 9 heteroatoms. The molecular formula is C43H69NO8. The van der Waals surface area contributed by atoms with Gasteiger partial charge in [-0.05, 0) is 28.7 Å². The Morgan fingerprint density at radius 2 is 0.846 bits per heavy atom. The Morgan fingerprint density at radius 3 is 1.29 bits per heavy atom. The molecule has 0 spiro atoms. The predicted octanol–water partition coefficient (Wildman–Crippen LogP) is 9.11. The van der Waals surface area contributed by atoms with Crippen LogP contribution in [-0.2, 0) is 33.2 Å². The second-order valence-electron chi connectivity index (χ2n) is 13.5. The average Bonchev–Trinajstić information content (AvgIpc) is 3.49. The number of unbranched alkanes of at least 4 members (excludes halogenated alkanes) is 13. The first-order chi connectivity index (χ1) is 25.8. The van der Waals surface area contributed by atoms with Gasteiger partial charge in [-0.3, -0.25) is 0 Å². The van der Waals surface area contributed by atoms with Crippen LogP contribution < -0.4 is 5.32 Å². The number of alkyl carbamates (subject to hydrolysis) is 1. The number of carbonyl (C=O) groups is 1. The average molecular weight is 728 g/mol. The van der Waals surface area contributed by atoms with Crippen molar-refractivity contribution in [3.05, 3.63) is 59.7 Å². The Balaban J connectivity index is 0.958. The highest BCUT2D eigenvalue weighted by molar-refractivity contribution is 5.79. The Morgan fingerprint density at radius 1 is 0.481 bits per heavy atom. The molecule has 2 aromatic carbocycles. The number of hydrogen-bond donors (Lipinski definition) is 1. The van der Waals surface area contributed by atoms with Crippen molar-refractivity contribution in [1.82, 2.24) is 5.32 Å². The molecule has 0 saturated heterocycles. The van der Waals surface area contributed by atoms with Crippen molar-refractivity contribution in [3.63, 3.8) is 0 Å². The summed E-state index contributed by atoms with van der Waals surface area (Å²) in [6, 6.07) is 16.6. The van der Waals surface area contributed by atoms with Crippen LogP contribution in [0.15, 0.2) is 48.5 Å². The third-order valence-corrected chi connectivity index (χ3v) is 9.36. The van der Waals surface area contributed by atoms with E-state index in [4.69, 9.17) is 33.2 Å². The first-order valence-electron chi connectivity index (χ1n) is 20.4. The summed E-state index contributed by atoms with van der Waals surface area (Å²) in [6.45, 7) is 9.47. The molecule has 0 radical (unpaired) electrons. The van der Waals surface area contributed by atoms with E-state index in [-0.39, 0.29) is 5.92 Å². The number of amides is 1. The molecule has 3 rings (SSSR count). The number of ether oxygens (including phenoxy) is 7. The molecule has 1 aliphatic carbocycles. The monoisotopic (exact) mass is 728 g/mol. The number of rotatable bonds is 35. The summed E-state index contributed by atoms with van der Waals surface area (Å²) >= 11 is 0. The van der Waals surface area contributed by atoms with Gasteiger partial charge in [0.1, 0.15) is 6.61 Å². The Labute approximate surface area is 314 Å². The van der Waals surface area contributed by atoms with Crippen molar-refractivity contribution >= 4 is 6.09 Å². The maximum absolute atomic E-state index is 12.2. The smallest absolute Gasteiger partial charge is 0.407 e. The third kappa shape index (κ3) is 20.1. The Bertz CT molecular complexity index is 1100. The quantitative estimate of drug-likeness (QED) is 0.0704. The second kappa shape index (κ2) is 30.9. The maximum atomic E-state index is 12.2. The van der Waals surface area contributed by atoms with Crippen LogP contribution in [0, 0.1) is 0 Å². The molecule has 1 aliphatic rings. The molecule has 1 amide bonds. The van der Waals surface area contributed by atoms with Crippen molar-refractivity contribution < 1.29 is 38.0 Å². The van der Waals surface area contributed by atoms with Crippen molar-refractivity contribution in [2.24, 2.45) is 0 Å². The lowest BCUT2D eigenvalue weighted by atomic mass is 9.98. The van der Waals surface area contributed by atoms with Gasteiger partial charge in [0.05, 0.1) is 72.7 Å². The van der Waals surface area contributed by atoms with Gasteiger partial charge in [-0.2, -0.15) is 0 Å². The standard InChI is InChI=1S/C43H69NO8/c1-2-3-4-5-6-7-8-9-10-11-12-13-14-19-25-46-27-29-48-31-33-50-35-36-51-34-32-49-30-28-47-26-24-44-43(45)52-37-42-40-22-17-15-20-38(40)39-21-16-18-23-41(39)42/h15-18,20-23,42H,2-14,19,24-37H2,1H3,(H,44,45). The molecule has 294 valence electrons. The Kier molecular flexibility index (Phi) is 26.1. The molecule has 1 N–H and O–H groups in total. The van der Waals surface area contributed by atoms with Crippen LogP contribution in [-0.4, -0.2) is 98.5 Å². The zero-order chi connectivity index (χ0) is 36.6. The minimum atomic E-state index is -0.439. The molecule has 0 saturated carbocycles. The Hall–Kier alpha value is -2.53. The summed E-state index contributed by atoms with van der Waals surface area (Å²) in [5.41, 5.74) is 4.81. The molecular weight excluding hydrogens is 658 g/mol. The minimum absolute atomic E-state index is 0.0479. The van der Waals surface area contributed by atoms with Gasteiger partial charge in [-0.1, -0.05) is 139 Å². The summed E-state index contributed by atoms with van der Waals surface area (Å²) in [5, 5.41) is 2.76. The zero-order valence-electron chi connectivity index (χ0n) is 32.3.